The lowest BCUT2D eigenvalue weighted by Crippen LogP contribution is -2.47. The van der Waals surface area contributed by atoms with Crippen molar-refractivity contribution in [2.75, 3.05) is 71.0 Å². The number of guanidine groups is 1. The van der Waals surface area contributed by atoms with Gasteiger partial charge in [0.1, 0.15) is 0 Å². The molecule has 0 radical (unpaired) electrons. The van der Waals surface area contributed by atoms with Crippen molar-refractivity contribution >= 4 is 23.2 Å². The molecule has 3 aliphatic heterocycles. The standard InChI is InChI=1S/C22H34ClN5O/c1-17-3-4-19(23)13-21(17)27-7-5-18(15-27)14-25-22(24-2)28-8-6-20(16-28)26-9-11-29-12-10-26/h3-4,13,18,20H,5-12,14-16H2,1-2H3,(H,24,25). The first-order valence-corrected chi connectivity index (χ1v) is 11.3. The minimum Gasteiger partial charge on any atom is -0.379 e. The fourth-order valence-electron chi connectivity index (χ4n) is 4.88. The van der Waals surface area contributed by atoms with Crippen molar-refractivity contribution in [3.05, 3.63) is 28.8 Å². The van der Waals surface area contributed by atoms with Crippen molar-refractivity contribution in [3.63, 3.8) is 0 Å². The SMILES string of the molecule is CN=C(NCC1CCN(c2cc(Cl)ccc2C)C1)N1CCC(N2CCOCC2)C1. The van der Waals surface area contributed by atoms with E-state index in [9.17, 15) is 0 Å². The number of benzene rings is 1. The van der Waals surface area contributed by atoms with Crippen molar-refractivity contribution in [1.29, 1.82) is 0 Å². The van der Waals surface area contributed by atoms with Crippen LogP contribution in [0.3, 0.4) is 0 Å². The molecular formula is C22H34ClN5O. The third kappa shape index (κ3) is 4.98. The zero-order valence-electron chi connectivity index (χ0n) is 17.7. The van der Waals surface area contributed by atoms with Crippen LogP contribution < -0.4 is 10.2 Å². The molecule has 0 aliphatic carbocycles. The summed E-state index contributed by atoms with van der Waals surface area (Å²) >= 11 is 6.22. The molecule has 1 N–H and O–H groups in total. The van der Waals surface area contributed by atoms with Gasteiger partial charge in [-0.2, -0.15) is 0 Å². The Kier molecular flexibility index (Phi) is 6.83. The van der Waals surface area contributed by atoms with Crippen molar-refractivity contribution in [1.82, 2.24) is 15.1 Å². The zero-order valence-corrected chi connectivity index (χ0v) is 18.5. The summed E-state index contributed by atoms with van der Waals surface area (Å²) < 4.78 is 5.50. The maximum absolute atomic E-state index is 6.22. The van der Waals surface area contributed by atoms with Gasteiger partial charge in [0.05, 0.1) is 13.2 Å². The Balaban J connectivity index is 1.27. The number of nitrogens with one attached hydrogen (secondary N) is 1. The highest BCUT2D eigenvalue weighted by Crippen LogP contribution is 2.29. The minimum atomic E-state index is 0.628. The molecule has 0 bridgehead atoms. The molecule has 0 spiro atoms. The molecule has 2 atom stereocenters. The van der Waals surface area contributed by atoms with E-state index in [0.29, 0.717) is 12.0 Å². The number of halogens is 1. The number of nitrogens with zero attached hydrogens (tertiary/aromatic N) is 4. The number of likely N-dealkylation sites (tertiary alicyclic amines) is 1. The van der Waals surface area contributed by atoms with Gasteiger partial charge in [-0.25, -0.2) is 0 Å². The summed E-state index contributed by atoms with van der Waals surface area (Å²) in [6.45, 7) is 11.3. The molecule has 6 nitrogen and oxygen atoms in total. The Hall–Kier alpha value is -1.50. The molecule has 3 fully saturated rings. The normalized spacial score (nSPS) is 26.4. The first kappa shape index (κ1) is 20.8. The monoisotopic (exact) mass is 419 g/mol. The molecule has 7 heteroatoms. The number of rotatable bonds is 4. The van der Waals surface area contributed by atoms with Crippen LogP contribution in [-0.4, -0.2) is 87.9 Å². The second-order valence-corrected chi connectivity index (χ2v) is 8.93. The Morgan fingerprint density at radius 3 is 2.79 bits per heavy atom. The van der Waals surface area contributed by atoms with Crippen molar-refractivity contribution < 1.29 is 4.74 Å². The molecule has 2 unspecified atom stereocenters. The molecule has 0 aromatic heterocycles. The molecule has 4 rings (SSSR count). The summed E-state index contributed by atoms with van der Waals surface area (Å²) in [7, 11) is 1.90. The number of ether oxygens (including phenoxy) is 1. The predicted octanol–water partition coefficient (Wildman–Crippen LogP) is 2.46. The average molecular weight is 420 g/mol. The van der Waals surface area contributed by atoms with Crippen LogP contribution in [0, 0.1) is 12.8 Å². The number of morpholine rings is 1. The number of aliphatic imine (C=N–C) groups is 1. The van der Waals surface area contributed by atoms with E-state index < -0.39 is 0 Å². The predicted molar refractivity (Wildman–Crippen MR) is 120 cm³/mol. The minimum absolute atomic E-state index is 0.628. The summed E-state index contributed by atoms with van der Waals surface area (Å²) in [6.07, 6.45) is 2.41. The van der Waals surface area contributed by atoms with Crippen LogP contribution >= 0.6 is 11.6 Å². The third-order valence-electron chi connectivity index (χ3n) is 6.58. The molecule has 0 saturated carbocycles. The van der Waals surface area contributed by atoms with Crippen molar-refractivity contribution in [2.45, 2.75) is 25.8 Å². The van der Waals surface area contributed by atoms with Crippen molar-refractivity contribution in [3.8, 4) is 0 Å². The summed E-state index contributed by atoms with van der Waals surface area (Å²) in [6, 6.07) is 6.82. The van der Waals surface area contributed by atoms with E-state index in [2.05, 4.69) is 44.1 Å². The third-order valence-corrected chi connectivity index (χ3v) is 6.82. The van der Waals surface area contributed by atoms with E-state index in [1.807, 2.05) is 13.1 Å². The van der Waals surface area contributed by atoms with Crippen LogP contribution in [-0.2, 0) is 4.74 Å². The van der Waals surface area contributed by atoms with Gasteiger partial charge in [-0.15, -0.1) is 0 Å². The van der Waals surface area contributed by atoms with E-state index in [4.69, 9.17) is 16.3 Å². The zero-order chi connectivity index (χ0) is 20.2. The van der Waals surface area contributed by atoms with Crippen molar-refractivity contribution in [2.24, 2.45) is 10.9 Å². The molecule has 0 amide bonds. The lowest BCUT2D eigenvalue weighted by molar-refractivity contribution is 0.0195. The van der Waals surface area contributed by atoms with Crippen LogP contribution in [0.15, 0.2) is 23.2 Å². The summed E-state index contributed by atoms with van der Waals surface area (Å²) in [5.41, 5.74) is 2.57. The van der Waals surface area contributed by atoms with E-state index in [0.717, 1.165) is 70.0 Å². The van der Waals surface area contributed by atoms with E-state index in [1.165, 1.54) is 24.1 Å². The largest absolute Gasteiger partial charge is 0.379 e. The number of hydrogen-bond donors (Lipinski definition) is 1. The first-order chi connectivity index (χ1) is 14.1. The lowest BCUT2D eigenvalue weighted by Gasteiger charge is -2.32. The smallest absolute Gasteiger partial charge is 0.193 e. The molecular weight excluding hydrogens is 386 g/mol. The van der Waals surface area contributed by atoms with Gasteiger partial charge >= 0.3 is 0 Å². The van der Waals surface area contributed by atoms with Gasteiger partial charge in [0.15, 0.2) is 5.96 Å². The summed E-state index contributed by atoms with van der Waals surface area (Å²) in [5.74, 6) is 1.68. The highest BCUT2D eigenvalue weighted by atomic mass is 35.5. The van der Waals surface area contributed by atoms with Crippen LogP contribution in [0.5, 0.6) is 0 Å². The number of aryl methyl sites for hydroxylation is 1. The molecule has 29 heavy (non-hydrogen) atoms. The molecule has 3 heterocycles. The fourth-order valence-corrected chi connectivity index (χ4v) is 5.05. The van der Waals surface area contributed by atoms with Crippen LogP contribution in [0.1, 0.15) is 18.4 Å². The van der Waals surface area contributed by atoms with E-state index in [-0.39, 0.29) is 0 Å². The lowest BCUT2D eigenvalue weighted by atomic mass is 10.1. The first-order valence-electron chi connectivity index (χ1n) is 10.9. The maximum Gasteiger partial charge on any atom is 0.193 e. The molecule has 160 valence electrons. The topological polar surface area (TPSA) is 43.3 Å². The quantitative estimate of drug-likeness (QED) is 0.600. The Bertz CT molecular complexity index is 721. The fraction of sp³-hybridized carbons (Fsp3) is 0.682. The van der Waals surface area contributed by atoms with Crippen LogP contribution in [0.2, 0.25) is 5.02 Å². The van der Waals surface area contributed by atoms with Gasteiger partial charge in [-0.05, 0) is 43.4 Å². The Labute approximate surface area is 179 Å². The van der Waals surface area contributed by atoms with Gasteiger partial charge in [-0.3, -0.25) is 9.89 Å². The number of hydrogen-bond acceptors (Lipinski definition) is 4. The Morgan fingerprint density at radius 1 is 1.17 bits per heavy atom. The number of anilines is 1. The molecule has 1 aromatic carbocycles. The van der Waals surface area contributed by atoms with Gasteiger partial charge < -0.3 is 19.9 Å². The van der Waals surface area contributed by atoms with Gasteiger partial charge in [0.2, 0.25) is 0 Å². The van der Waals surface area contributed by atoms with Gasteiger partial charge in [0, 0.05) is 69.6 Å². The highest BCUT2D eigenvalue weighted by Gasteiger charge is 2.31. The Morgan fingerprint density at radius 2 is 2.00 bits per heavy atom. The summed E-state index contributed by atoms with van der Waals surface area (Å²) in [4.78, 5) is 12.1. The average Bonchev–Trinajstić information content (AvgIpc) is 3.41. The van der Waals surface area contributed by atoms with Gasteiger partial charge in [0.25, 0.3) is 0 Å². The van der Waals surface area contributed by atoms with Gasteiger partial charge in [-0.1, -0.05) is 17.7 Å². The van der Waals surface area contributed by atoms with Crippen LogP contribution in [0.4, 0.5) is 5.69 Å². The summed E-state index contributed by atoms with van der Waals surface area (Å²) in [5, 5.41) is 4.47. The second kappa shape index (κ2) is 9.54. The second-order valence-electron chi connectivity index (χ2n) is 8.50. The molecule has 3 saturated heterocycles. The molecule has 3 aliphatic rings. The maximum atomic E-state index is 6.22. The van der Waals surface area contributed by atoms with Crippen LogP contribution in [0.25, 0.3) is 0 Å². The highest BCUT2D eigenvalue weighted by molar-refractivity contribution is 6.30. The van der Waals surface area contributed by atoms with E-state index in [1.54, 1.807) is 0 Å². The van der Waals surface area contributed by atoms with E-state index >= 15 is 0 Å². The molecule has 1 aromatic rings.